The van der Waals surface area contributed by atoms with Gasteiger partial charge in [-0.15, -0.1) is 0 Å². The predicted octanol–water partition coefficient (Wildman–Crippen LogP) is 2.48. The van der Waals surface area contributed by atoms with Crippen LogP contribution in [0.2, 0.25) is 5.02 Å². The Morgan fingerprint density at radius 1 is 1.40 bits per heavy atom. The number of rotatable bonds is 0. The van der Waals surface area contributed by atoms with Gasteiger partial charge in [-0.3, -0.25) is 0 Å². The summed E-state index contributed by atoms with van der Waals surface area (Å²) in [6.45, 7) is 0. The highest BCUT2D eigenvalue weighted by Gasteiger charge is 1.99. The lowest BCUT2D eigenvalue weighted by molar-refractivity contribution is 0.428. The van der Waals surface area contributed by atoms with E-state index < -0.39 is 0 Å². The van der Waals surface area contributed by atoms with Crippen LogP contribution in [0.1, 0.15) is 0 Å². The highest BCUT2D eigenvalue weighted by Crippen LogP contribution is 2.21. The molecule has 1 aromatic heterocycles. The lowest BCUT2D eigenvalue weighted by atomic mass is 10.3. The van der Waals surface area contributed by atoms with Crippen LogP contribution in [0.4, 0.5) is 0 Å². The summed E-state index contributed by atoms with van der Waals surface area (Å²) in [6, 6.07) is 5.50. The normalized spacial score (nSPS) is 10.5. The molecule has 10 heavy (non-hydrogen) atoms. The fourth-order valence-corrected chi connectivity index (χ4v) is 1.07. The Balaban J connectivity index is 2.95. The molecule has 0 amide bonds. The second-order valence-corrected chi connectivity index (χ2v) is 2.39. The summed E-state index contributed by atoms with van der Waals surface area (Å²) in [4.78, 5) is 0. The Hall–Kier alpha value is -1.02. The third-order valence-electron chi connectivity index (χ3n) is 1.35. The Morgan fingerprint density at radius 2 is 2.30 bits per heavy atom. The van der Waals surface area contributed by atoms with Crippen molar-refractivity contribution in [3.63, 3.8) is 0 Å². The maximum absolute atomic E-state index is 5.80. The molecule has 0 radical (unpaired) electrons. The van der Waals surface area contributed by atoms with E-state index in [0.29, 0.717) is 5.02 Å². The molecule has 0 unspecified atom stereocenters. The van der Waals surface area contributed by atoms with Crippen LogP contribution in [0.3, 0.4) is 0 Å². The summed E-state index contributed by atoms with van der Waals surface area (Å²) in [5.74, 6) is 0. The first kappa shape index (κ1) is 5.74. The van der Waals surface area contributed by atoms with Crippen LogP contribution < -0.4 is 0 Å². The molecule has 0 saturated carbocycles. The van der Waals surface area contributed by atoms with Gasteiger partial charge in [-0.05, 0) is 12.1 Å². The number of fused-ring (bicyclic) bond motifs is 1. The smallest absolute Gasteiger partial charge is 0.133 e. The van der Waals surface area contributed by atoms with E-state index in [1.54, 1.807) is 6.07 Å². The third-order valence-corrected chi connectivity index (χ3v) is 1.68. The monoisotopic (exact) mass is 153 g/mol. The summed E-state index contributed by atoms with van der Waals surface area (Å²) in [6.07, 6.45) is 1.54. The van der Waals surface area contributed by atoms with Gasteiger partial charge in [0.1, 0.15) is 11.8 Å². The van der Waals surface area contributed by atoms with Gasteiger partial charge < -0.3 is 4.52 Å². The van der Waals surface area contributed by atoms with Crippen LogP contribution in [0.5, 0.6) is 0 Å². The zero-order valence-electron chi connectivity index (χ0n) is 5.04. The molecule has 0 N–H and O–H groups in total. The van der Waals surface area contributed by atoms with Gasteiger partial charge in [-0.2, -0.15) is 0 Å². The van der Waals surface area contributed by atoms with Crippen molar-refractivity contribution in [2.45, 2.75) is 0 Å². The van der Waals surface area contributed by atoms with Crippen molar-refractivity contribution < 1.29 is 4.52 Å². The number of nitrogens with zero attached hydrogens (tertiary/aromatic N) is 1. The standard InChI is InChI=1S/C7H4ClNO/c8-6-2-1-3-7-5(6)4-10-9-7/h1-4H. The number of aromatic nitrogens is 1. The molecule has 2 aromatic rings. The second-order valence-electron chi connectivity index (χ2n) is 1.99. The van der Waals surface area contributed by atoms with Gasteiger partial charge in [0.25, 0.3) is 0 Å². The largest absolute Gasteiger partial charge is 0.363 e. The van der Waals surface area contributed by atoms with Crippen LogP contribution in [0.25, 0.3) is 10.9 Å². The van der Waals surface area contributed by atoms with E-state index in [-0.39, 0.29) is 0 Å². The van der Waals surface area contributed by atoms with Crippen LogP contribution in [0.15, 0.2) is 29.0 Å². The zero-order chi connectivity index (χ0) is 6.97. The van der Waals surface area contributed by atoms with Crippen molar-refractivity contribution in [1.29, 1.82) is 0 Å². The summed E-state index contributed by atoms with van der Waals surface area (Å²) in [7, 11) is 0. The topological polar surface area (TPSA) is 26.0 Å². The molecule has 0 fully saturated rings. The first-order valence-corrected chi connectivity index (χ1v) is 3.24. The quantitative estimate of drug-likeness (QED) is 0.581. The predicted molar refractivity (Wildman–Crippen MR) is 39.0 cm³/mol. The molecule has 0 aliphatic heterocycles. The molecule has 3 heteroatoms. The number of hydrogen-bond acceptors (Lipinski definition) is 2. The average Bonchev–Trinajstić information content (AvgIpc) is 2.36. The lowest BCUT2D eigenvalue weighted by Gasteiger charge is -1.86. The van der Waals surface area contributed by atoms with E-state index in [2.05, 4.69) is 5.16 Å². The van der Waals surface area contributed by atoms with Gasteiger partial charge in [-0.1, -0.05) is 22.8 Å². The highest BCUT2D eigenvalue weighted by atomic mass is 35.5. The molecule has 0 saturated heterocycles. The van der Waals surface area contributed by atoms with E-state index in [4.69, 9.17) is 16.1 Å². The molecule has 1 aromatic carbocycles. The van der Waals surface area contributed by atoms with Gasteiger partial charge in [0, 0.05) is 0 Å². The van der Waals surface area contributed by atoms with Gasteiger partial charge >= 0.3 is 0 Å². The molecular formula is C7H4ClNO. The fourth-order valence-electron chi connectivity index (χ4n) is 0.858. The van der Waals surface area contributed by atoms with Crippen LogP contribution in [-0.2, 0) is 0 Å². The maximum Gasteiger partial charge on any atom is 0.133 e. The lowest BCUT2D eigenvalue weighted by Crippen LogP contribution is -1.66. The Morgan fingerprint density at radius 3 is 3.10 bits per heavy atom. The van der Waals surface area contributed by atoms with Crippen molar-refractivity contribution in [2.24, 2.45) is 0 Å². The second kappa shape index (κ2) is 1.99. The van der Waals surface area contributed by atoms with Crippen LogP contribution in [-0.4, -0.2) is 5.16 Å². The molecule has 50 valence electrons. The van der Waals surface area contributed by atoms with Gasteiger partial charge in [-0.25, -0.2) is 0 Å². The molecular weight excluding hydrogens is 150 g/mol. The first-order valence-electron chi connectivity index (χ1n) is 2.86. The molecule has 0 spiro atoms. The van der Waals surface area contributed by atoms with E-state index in [1.165, 1.54) is 6.26 Å². The molecule has 0 bridgehead atoms. The van der Waals surface area contributed by atoms with E-state index >= 15 is 0 Å². The molecule has 2 nitrogen and oxygen atoms in total. The Labute approximate surface area is 62.4 Å². The maximum atomic E-state index is 5.80. The van der Waals surface area contributed by atoms with Crippen molar-refractivity contribution in [3.8, 4) is 0 Å². The molecule has 1 heterocycles. The molecule has 0 aliphatic rings. The van der Waals surface area contributed by atoms with Gasteiger partial charge in [0.15, 0.2) is 0 Å². The average molecular weight is 154 g/mol. The fraction of sp³-hybridized carbons (Fsp3) is 0. The summed E-state index contributed by atoms with van der Waals surface area (Å²) in [5.41, 5.74) is 0.799. The minimum Gasteiger partial charge on any atom is -0.363 e. The van der Waals surface area contributed by atoms with Crippen molar-refractivity contribution in [2.75, 3.05) is 0 Å². The third kappa shape index (κ3) is 0.693. The molecule has 0 atom stereocenters. The minimum atomic E-state index is 0.679. The molecule has 2 rings (SSSR count). The zero-order valence-corrected chi connectivity index (χ0v) is 5.80. The summed E-state index contributed by atoms with van der Waals surface area (Å²) < 4.78 is 4.71. The minimum absolute atomic E-state index is 0.679. The number of hydrogen-bond donors (Lipinski definition) is 0. The van der Waals surface area contributed by atoms with Crippen LogP contribution >= 0.6 is 11.6 Å². The van der Waals surface area contributed by atoms with Gasteiger partial charge in [0.2, 0.25) is 0 Å². The van der Waals surface area contributed by atoms with Crippen molar-refractivity contribution in [3.05, 3.63) is 29.5 Å². The van der Waals surface area contributed by atoms with Crippen molar-refractivity contribution in [1.82, 2.24) is 5.16 Å². The highest BCUT2D eigenvalue weighted by molar-refractivity contribution is 6.35. The number of halogens is 1. The Kier molecular flexibility index (Phi) is 1.14. The molecule has 0 aliphatic carbocycles. The Bertz CT molecular complexity index is 355. The number of benzene rings is 1. The van der Waals surface area contributed by atoms with E-state index in [9.17, 15) is 0 Å². The van der Waals surface area contributed by atoms with Crippen molar-refractivity contribution >= 4 is 22.5 Å². The first-order chi connectivity index (χ1) is 4.88. The van der Waals surface area contributed by atoms with Gasteiger partial charge in [0.05, 0.1) is 10.4 Å². The van der Waals surface area contributed by atoms with E-state index in [1.807, 2.05) is 12.1 Å². The van der Waals surface area contributed by atoms with Crippen LogP contribution in [0, 0.1) is 0 Å². The summed E-state index contributed by atoms with van der Waals surface area (Å²) in [5, 5.41) is 5.26. The summed E-state index contributed by atoms with van der Waals surface area (Å²) >= 11 is 5.80. The van der Waals surface area contributed by atoms with E-state index in [0.717, 1.165) is 10.9 Å². The SMILES string of the molecule is Clc1cccc2nocc12.